The summed E-state index contributed by atoms with van der Waals surface area (Å²) in [5, 5.41) is 12.1. The van der Waals surface area contributed by atoms with Gasteiger partial charge in [-0.15, -0.1) is 11.3 Å². The number of imidazole rings is 1. The summed E-state index contributed by atoms with van der Waals surface area (Å²) >= 11 is 1.61. The van der Waals surface area contributed by atoms with Gasteiger partial charge in [0.15, 0.2) is 17.3 Å². The summed E-state index contributed by atoms with van der Waals surface area (Å²) in [5.41, 5.74) is 3.96. The molecule has 0 saturated heterocycles. The molecule has 0 unspecified atom stereocenters. The first-order valence-corrected chi connectivity index (χ1v) is 11.7. The Morgan fingerprint density at radius 1 is 1.17 bits per heavy atom. The van der Waals surface area contributed by atoms with Crippen LogP contribution in [0.4, 0.5) is 10.1 Å². The molecular formula is C24H17FN8OS. The molecule has 0 fully saturated rings. The maximum atomic E-state index is 15.9. The van der Waals surface area contributed by atoms with Crippen molar-refractivity contribution in [3.8, 4) is 33.2 Å². The van der Waals surface area contributed by atoms with Gasteiger partial charge in [0.1, 0.15) is 11.4 Å². The van der Waals surface area contributed by atoms with E-state index in [1.807, 2.05) is 23.6 Å². The van der Waals surface area contributed by atoms with Gasteiger partial charge in [0.05, 0.1) is 34.5 Å². The van der Waals surface area contributed by atoms with E-state index in [9.17, 15) is 4.79 Å². The number of H-pyrrole nitrogens is 2. The van der Waals surface area contributed by atoms with Gasteiger partial charge in [0.2, 0.25) is 5.91 Å². The number of rotatable bonds is 5. The molecule has 0 aliphatic heterocycles. The Balaban J connectivity index is 1.48. The van der Waals surface area contributed by atoms with Crippen molar-refractivity contribution in [3.63, 3.8) is 0 Å². The van der Waals surface area contributed by atoms with Crippen LogP contribution < -0.4 is 5.32 Å². The van der Waals surface area contributed by atoms with Gasteiger partial charge in [-0.05, 0) is 23.6 Å². The molecule has 0 bridgehead atoms. The number of hydrogen-bond acceptors (Lipinski definition) is 7. The molecule has 11 heteroatoms. The second kappa shape index (κ2) is 8.37. The fraction of sp³-hybridized carbons (Fsp3) is 0.0833. The lowest BCUT2D eigenvalue weighted by molar-refractivity contribution is -0.115. The fourth-order valence-corrected chi connectivity index (χ4v) is 4.65. The third-order valence-electron chi connectivity index (χ3n) is 5.56. The number of amides is 1. The van der Waals surface area contributed by atoms with Gasteiger partial charge in [0, 0.05) is 34.8 Å². The third-order valence-corrected chi connectivity index (χ3v) is 6.47. The number of carbonyl (C=O) groups excluding carboxylic acids is 1. The quantitative estimate of drug-likeness (QED) is 0.310. The van der Waals surface area contributed by atoms with Crippen LogP contribution >= 0.6 is 11.3 Å². The summed E-state index contributed by atoms with van der Waals surface area (Å²) in [5.74, 6) is -0.342. The first kappa shape index (κ1) is 21.1. The van der Waals surface area contributed by atoms with E-state index in [1.165, 1.54) is 18.6 Å². The molecule has 0 radical (unpaired) electrons. The van der Waals surface area contributed by atoms with E-state index in [2.05, 4.69) is 40.4 Å². The molecule has 6 aromatic heterocycles. The van der Waals surface area contributed by atoms with E-state index in [0.29, 0.717) is 40.4 Å². The van der Waals surface area contributed by atoms with Crippen LogP contribution in [0, 0.1) is 5.82 Å². The Bertz CT molecular complexity index is 1710. The van der Waals surface area contributed by atoms with Crippen molar-refractivity contribution < 1.29 is 9.18 Å². The number of pyridine rings is 3. The predicted molar refractivity (Wildman–Crippen MR) is 132 cm³/mol. The van der Waals surface area contributed by atoms with Gasteiger partial charge in [-0.2, -0.15) is 5.10 Å². The predicted octanol–water partition coefficient (Wildman–Crippen LogP) is 5.17. The van der Waals surface area contributed by atoms with Gasteiger partial charge >= 0.3 is 0 Å². The highest BCUT2D eigenvalue weighted by Gasteiger charge is 2.21. The van der Waals surface area contributed by atoms with Crippen LogP contribution in [0.2, 0.25) is 0 Å². The molecule has 6 aromatic rings. The molecule has 35 heavy (non-hydrogen) atoms. The number of aromatic amines is 2. The normalized spacial score (nSPS) is 11.4. The monoisotopic (exact) mass is 484 g/mol. The largest absolute Gasteiger partial charge is 0.335 e. The van der Waals surface area contributed by atoms with Crippen molar-refractivity contribution in [2.45, 2.75) is 13.3 Å². The van der Waals surface area contributed by atoms with E-state index >= 15 is 4.39 Å². The molecule has 0 aromatic carbocycles. The van der Waals surface area contributed by atoms with Gasteiger partial charge in [-0.1, -0.05) is 13.0 Å². The number of carbonyl (C=O) groups is 1. The Morgan fingerprint density at radius 2 is 2.09 bits per heavy atom. The molecule has 172 valence electrons. The van der Waals surface area contributed by atoms with Crippen LogP contribution in [0.15, 0.2) is 54.4 Å². The second-order valence-electron chi connectivity index (χ2n) is 7.77. The van der Waals surface area contributed by atoms with Crippen molar-refractivity contribution in [3.05, 3.63) is 60.3 Å². The van der Waals surface area contributed by atoms with E-state index < -0.39 is 5.82 Å². The summed E-state index contributed by atoms with van der Waals surface area (Å²) in [6, 6.07) is 7.55. The van der Waals surface area contributed by atoms with Crippen molar-refractivity contribution in [1.29, 1.82) is 0 Å². The lowest BCUT2D eigenvalue weighted by Crippen LogP contribution is -2.09. The third kappa shape index (κ3) is 3.62. The highest BCUT2D eigenvalue weighted by atomic mass is 32.1. The van der Waals surface area contributed by atoms with E-state index in [-0.39, 0.29) is 17.0 Å². The average Bonchev–Trinajstić information content (AvgIpc) is 3.63. The molecule has 0 saturated carbocycles. The molecule has 6 rings (SSSR count). The molecular weight excluding hydrogens is 467 g/mol. The van der Waals surface area contributed by atoms with Gasteiger partial charge in [0.25, 0.3) is 0 Å². The van der Waals surface area contributed by atoms with Crippen molar-refractivity contribution in [1.82, 2.24) is 35.1 Å². The topological polar surface area (TPSA) is 125 Å². The molecule has 0 spiro atoms. The summed E-state index contributed by atoms with van der Waals surface area (Å²) < 4.78 is 15.9. The van der Waals surface area contributed by atoms with Crippen LogP contribution in [0.25, 0.3) is 55.3 Å². The zero-order valence-electron chi connectivity index (χ0n) is 18.3. The molecule has 1 amide bonds. The van der Waals surface area contributed by atoms with E-state index in [1.54, 1.807) is 30.5 Å². The molecule has 6 heterocycles. The highest BCUT2D eigenvalue weighted by Crippen LogP contribution is 2.35. The zero-order chi connectivity index (χ0) is 23.9. The number of aromatic nitrogens is 7. The van der Waals surface area contributed by atoms with Crippen molar-refractivity contribution >= 4 is 45.0 Å². The van der Waals surface area contributed by atoms with Gasteiger partial charge < -0.3 is 10.3 Å². The maximum Gasteiger partial charge on any atom is 0.224 e. The van der Waals surface area contributed by atoms with E-state index in [0.717, 1.165) is 16.0 Å². The van der Waals surface area contributed by atoms with Crippen molar-refractivity contribution in [2.75, 3.05) is 5.32 Å². The molecule has 0 atom stereocenters. The van der Waals surface area contributed by atoms with E-state index in [4.69, 9.17) is 0 Å². The first-order chi connectivity index (χ1) is 17.1. The zero-order valence-corrected chi connectivity index (χ0v) is 19.2. The number of halogens is 1. The number of fused-ring (bicyclic) bond motifs is 2. The Kier molecular flexibility index (Phi) is 5.03. The molecule has 9 nitrogen and oxygen atoms in total. The van der Waals surface area contributed by atoms with Crippen LogP contribution in [0.1, 0.15) is 13.3 Å². The summed E-state index contributed by atoms with van der Waals surface area (Å²) in [7, 11) is 0. The van der Waals surface area contributed by atoms with Crippen LogP contribution in [-0.4, -0.2) is 41.0 Å². The summed E-state index contributed by atoms with van der Waals surface area (Å²) in [4.78, 5) is 33.5. The Labute approximate surface area is 201 Å². The Morgan fingerprint density at radius 3 is 2.91 bits per heavy atom. The number of hydrogen-bond donors (Lipinski definition) is 3. The maximum absolute atomic E-state index is 15.9. The van der Waals surface area contributed by atoms with Gasteiger partial charge in [-0.3, -0.25) is 19.9 Å². The minimum absolute atomic E-state index is 0.0914. The summed E-state index contributed by atoms with van der Waals surface area (Å²) in [6.45, 7) is 1.75. The second-order valence-corrected chi connectivity index (χ2v) is 8.71. The standard InChI is InChI=1S/C24H17FN8OS/c1-2-17(34)29-13-8-12(9-26-10-13)20-19(25)18-15(11-28-20)32-33-22(18)24-30-21-14(16-4-3-7-35-16)5-6-27-23(21)31-24/h3-11H,2H2,1H3,(H,29,34)(H,32,33)(H,27,30,31). The molecule has 3 N–H and O–H groups in total. The fourth-order valence-electron chi connectivity index (χ4n) is 3.90. The lowest BCUT2D eigenvalue weighted by Gasteiger charge is -2.07. The first-order valence-electron chi connectivity index (χ1n) is 10.8. The minimum Gasteiger partial charge on any atom is -0.335 e. The number of thiophene rings is 1. The van der Waals surface area contributed by atoms with Crippen LogP contribution in [0.3, 0.4) is 0 Å². The number of nitrogens with one attached hydrogen (secondary N) is 3. The average molecular weight is 485 g/mol. The van der Waals surface area contributed by atoms with Gasteiger partial charge in [-0.25, -0.2) is 14.4 Å². The molecule has 0 aliphatic carbocycles. The lowest BCUT2D eigenvalue weighted by atomic mass is 10.1. The Hall–Kier alpha value is -4.51. The smallest absolute Gasteiger partial charge is 0.224 e. The SMILES string of the molecule is CCC(=O)Nc1cncc(-c2ncc3[nH]nc(-c4nc5nccc(-c6cccs6)c5[nH]4)c3c2F)c1. The number of nitrogens with zero attached hydrogens (tertiary/aromatic N) is 5. The minimum atomic E-state index is -0.570. The van der Waals surface area contributed by atoms with Crippen LogP contribution in [-0.2, 0) is 4.79 Å². The summed E-state index contributed by atoms with van der Waals surface area (Å²) in [6.07, 6.45) is 6.53. The molecule has 0 aliphatic rings. The highest BCUT2D eigenvalue weighted by molar-refractivity contribution is 7.13. The van der Waals surface area contributed by atoms with Crippen molar-refractivity contribution in [2.24, 2.45) is 0 Å². The van der Waals surface area contributed by atoms with Crippen LogP contribution in [0.5, 0.6) is 0 Å². The number of anilines is 1.